The number of hydrogen-bond donors (Lipinski definition) is 0. The lowest BCUT2D eigenvalue weighted by molar-refractivity contribution is -0.116. The number of nitrogens with zero attached hydrogens (tertiary/aromatic N) is 2. The zero-order valence-electron chi connectivity index (χ0n) is 14.8. The third kappa shape index (κ3) is 3.71. The van der Waals surface area contributed by atoms with E-state index in [0.29, 0.717) is 18.7 Å². The number of hydrogen-bond acceptors (Lipinski definition) is 3. The van der Waals surface area contributed by atoms with Gasteiger partial charge >= 0.3 is 0 Å². The number of amides is 2. The summed E-state index contributed by atoms with van der Waals surface area (Å²) in [5.41, 5.74) is 3.78. The molecule has 3 rings (SSSR count). The van der Waals surface area contributed by atoms with Gasteiger partial charge < -0.3 is 9.80 Å². The van der Waals surface area contributed by atoms with Crippen LogP contribution in [0.3, 0.4) is 0 Å². The van der Waals surface area contributed by atoms with Crippen LogP contribution >= 0.6 is 11.8 Å². The van der Waals surface area contributed by atoms with Gasteiger partial charge in [0.05, 0.1) is 0 Å². The standard InChI is InChI=1S/C20H22N2O2S/c1-14(23)22-11-10-16-12-17(6-9-19(16)22)20(24)21(2)13-15-4-7-18(25-3)8-5-15/h4-9,12H,10-11,13H2,1-3H3. The molecule has 0 saturated carbocycles. The number of carbonyl (C=O) groups excluding carboxylic acids is 2. The normalized spacial score (nSPS) is 12.8. The summed E-state index contributed by atoms with van der Waals surface area (Å²) in [6, 6.07) is 13.9. The van der Waals surface area contributed by atoms with Gasteiger partial charge in [-0.1, -0.05) is 12.1 Å². The summed E-state index contributed by atoms with van der Waals surface area (Å²) in [4.78, 5) is 29.1. The number of fused-ring (bicyclic) bond motifs is 1. The predicted molar refractivity (Wildman–Crippen MR) is 102 cm³/mol. The van der Waals surface area contributed by atoms with Crippen molar-refractivity contribution in [2.24, 2.45) is 0 Å². The first-order valence-corrected chi connectivity index (χ1v) is 9.51. The zero-order chi connectivity index (χ0) is 18.0. The van der Waals surface area contributed by atoms with Crippen LogP contribution in [0.4, 0.5) is 5.69 Å². The van der Waals surface area contributed by atoms with Crippen molar-refractivity contribution in [3.63, 3.8) is 0 Å². The smallest absolute Gasteiger partial charge is 0.253 e. The van der Waals surface area contributed by atoms with Gasteiger partial charge in [0.25, 0.3) is 5.91 Å². The molecule has 0 aromatic heterocycles. The van der Waals surface area contributed by atoms with E-state index in [-0.39, 0.29) is 11.8 Å². The van der Waals surface area contributed by atoms with Crippen molar-refractivity contribution in [3.8, 4) is 0 Å². The molecular formula is C20H22N2O2S. The summed E-state index contributed by atoms with van der Waals surface area (Å²) in [5, 5.41) is 0. The summed E-state index contributed by atoms with van der Waals surface area (Å²) in [6.45, 7) is 2.84. The highest BCUT2D eigenvalue weighted by molar-refractivity contribution is 7.98. The number of carbonyl (C=O) groups is 2. The molecule has 0 aliphatic carbocycles. The summed E-state index contributed by atoms with van der Waals surface area (Å²) < 4.78 is 0. The molecule has 5 heteroatoms. The Hall–Kier alpha value is -2.27. The van der Waals surface area contributed by atoms with Crippen LogP contribution in [-0.4, -0.2) is 36.6 Å². The first kappa shape index (κ1) is 17.5. The van der Waals surface area contributed by atoms with E-state index < -0.39 is 0 Å². The van der Waals surface area contributed by atoms with Crippen molar-refractivity contribution in [2.45, 2.75) is 24.8 Å². The highest BCUT2D eigenvalue weighted by Crippen LogP contribution is 2.29. The van der Waals surface area contributed by atoms with Gasteiger partial charge in [-0.2, -0.15) is 0 Å². The molecule has 2 aromatic carbocycles. The fraction of sp³-hybridized carbons (Fsp3) is 0.300. The number of benzene rings is 2. The molecule has 2 amide bonds. The van der Waals surface area contributed by atoms with E-state index in [9.17, 15) is 9.59 Å². The van der Waals surface area contributed by atoms with Gasteiger partial charge in [0.15, 0.2) is 0 Å². The predicted octanol–water partition coefficient (Wildman–Crippen LogP) is 3.59. The fourth-order valence-corrected chi connectivity index (χ4v) is 3.57. The maximum Gasteiger partial charge on any atom is 0.253 e. The molecular weight excluding hydrogens is 332 g/mol. The van der Waals surface area contributed by atoms with E-state index in [1.54, 1.807) is 28.5 Å². The quantitative estimate of drug-likeness (QED) is 0.788. The Morgan fingerprint density at radius 1 is 1.16 bits per heavy atom. The summed E-state index contributed by atoms with van der Waals surface area (Å²) in [7, 11) is 1.82. The van der Waals surface area contributed by atoms with Crippen molar-refractivity contribution in [3.05, 3.63) is 59.2 Å². The van der Waals surface area contributed by atoms with Gasteiger partial charge in [-0.3, -0.25) is 9.59 Å². The van der Waals surface area contributed by atoms with Crippen LogP contribution in [-0.2, 0) is 17.8 Å². The van der Waals surface area contributed by atoms with E-state index in [1.165, 1.54) is 4.90 Å². The van der Waals surface area contributed by atoms with E-state index in [0.717, 1.165) is 23.2 Å². The van der Waals surface area contributed by atoms with Crippen LogP contribution in [0.15, 0.2) is 47.4 Å². The molecule has 1 aliphatic heterocycles. The Balaban J connectivity index is 1.73. The SMILES string of the molecule is CSc1ccc(CN(C)C(=O)c2ccc3c(c2)CCN3C(C)=O)cc1. The monoisotopic (exact) mass is 354 g/mol. The van der Waals surface area contributed by atoms with Gasteiger partial charge in [0.2, 0.25) is 5.91 Å². The van der Waals surface area contributed by atoms with Gasteiger partial charge in [-0.15, -0.1) is 11.8 Å². The number of rotatable bonds is 4. The van der Waals surface area contributed by atoms with Crippen molar-refractivity contribution < 1.29 is 9.59 Å². The first-order chi connectivity index (χ1) is 12.0. The van der Waals surface area contributed by atoms with Crippen LogP contribution < -0.4 is 4.90 Å². The zero-order valence-corrected chi connectivity index (χ0v) is 15.6. The van der Waals surface area contributed by atoms with E-state index >= 15 is 0 Å². The Bertz CT molecular complexity index is 802. The maximum atomic E-state index is 12.7. The second-order valence-corrected chi connectivity index (χ2v) is 7.15. The molecule has 130 valence electrons. The Morgan fingerprint density at radius 2 is 1.88 bits per heavy atom. The van der Waals surface area contributed by atoms with Crippen LogP contribution in [0.25, 0.3) is 0 Å². The van der Waals surface area contributed by atoms with E-state index in [1.807, 2.05) is 31.5 Å². The number of anilines is 1. The van der Waals surface area contributed by atoms with Crippen LogP contribution in [0.1, 0.15) is 28.4 Å². The minimum absolute atomic E-state index is 0.00184. The highest BCUT2D eigenvalue weighted by Gasteiger charge is 2.23. The van der Waals surface area contributed by atoms with Gasteiger partial charge in [-0.05, 0) is 54.1 Å². The lowest BCUT2D eigenvalue weighted by atomic mass is 10.1. The highest BCUT2D eigenvalue weighted by atomic mass is 32.2. The van der Waals surface area contributed by atoms with Crippen molar-refractivity contribution in [1.82, 2.24) is 4.90 Å². The Kier molecular flexibility index (Phi) is 5.13. The molecule has 2 aromatic rings. The lowest BCUT2D eigenvalue weighted by Gasteiger charge is -2.19. The summed E-state index contributed by atoms with van der Waals surface area (Å²) >= 11 is 1.70. The minimum atomic E-state index is -0.00184. The van der Waals surface area contributed by atoms with Crippen molar-refractivity contribution in [2.75, 3.05) is 24.7 Å². The lowest BCUT2D eigenvalue weighted by Crippen LogP contribution is -2.27. The molecule has 1 heterocycles. The second kappa shape index (κ2) is 7.31. The third-order valence-electron chi connectivity index (χ3n) is 4.53. The van der Waals surface area contributed by atoms with Crippen molar-refractivity contribution in [1.29, 1.82) is 0 Å². The molecule has 1 aliphatic rings. The summed E-state index contributed by atoms with van der Waals surface area (Å²) in [5.74, 6) is 0.0432. The summed E-state index contributed by atoms with van der Waals surface area (Å²) in [6.07, 6.45) is 2.85. The number of thioether (sulfide) groups is 1. The molecule has 4 nitrogen and oxygen atoms in total. The topological polar surface area (TPSA) is 40.6 Å². The van der Waals surface area contributed by atoms with Crippen LogP contribution in [0, 0.1) is 0 Å². The van der Waals surface area contributed by atoms with Crippen LogP contribution in [0.2, 0.25) is 0 Å². The third-order valence-corrected chi connectivity index (χ3v) is 5.27. The molecule has 0 radical (unpaired) electrons. The van der Waals surface area contributed by atoms with Gasteiger partial charge in [-0.25, -0.2) is 0 Å². The average molecular weight is 354 g/mol. The first-order valence-electron chi connectivity index (χ1n) is 8.29. The Morgan fingerprint density at radius 3 is 2.52 bits per heavy atom. The van der Waals surface area contributed by atoms with E-state index in [2.05, 4.69) is 24.3 Å². The largest absolute Gasteiger partial charge is 0.337 e. The van der Waals surface area contributed by atoms with Gasteiger partial charge in [0, 0.05) is 43.2 Å². The second-order valence-electron chi connectivity index (χ2n) is 6.27. The van der Waals surface area contributed by atoms with Gasteiger partial charge in [0.1, 0.15) is 0 Å². The van der Waals surface area contributed by atoms with Crippen molar-refractivity contribution >= 4 is 29.3 Å². The molecule has 0 saturated heterocycles. The molecule has 0 fully saturated rings. The molecule has 0 unspecified atom stereocenters. The molecule has 0 spiro atoms. The molecule has 0 bridgehead atoms. The molecule has 25 heavy (non-hydrogen) atoms. The minimum Gasteiger partial charge on any atom is -0.337 e. The molecule has 0 atom stereocenters. The van der Waals surface area contributed by atoms with Crippen LogP contribution in [0.5, 0.6) is 0 Å². The Labute approximate surface area is 152 Å². The molecule has 0 N–H and O–H groups in total. The fourth-order valence-electron chi connectivity index (χ4n) is 3.16. The maximum absolute atomic E-state index is 12.7. The average Bonchev–Trinajstić information content (AvgIpc) is 3.05. The van der Waals surface area contributed by atoms with E-state index in [4.69, 9.17) is 0 Å².